The molecule has 147 heavy (non-hydrogen) atoms. The third-order valence-corrected chi connectivity index (χ3v) is 46.0. The molecule has 0 saturated carbocycles. The lowest BCUT2D eigenvalue weighted by Gasteiger charge is -2.44. The number of rotatable bonds is 47. The molecule has 0 aromatic rings. The van der Waals surface area contributed by atoms with Crippen molar-refractivity contribution < 1.29 is 168 Å². The first-order chi connectivity index (χ1) is 68.8. The highest BCUT2D eigenvalue weighted by molar-refractivity contribution is 7.92. The van der Waals surface area contributed by atoms with Gasteiger partial charge in [-0.3, -0.25) is 32.4 Å². The maximum Gasteiger partial charge on any atom is 0.451 e. The van der Waals surface area contributed by atoms with E-state index in [1.807, 2.05) is 0 Å². The summed E-state index contributed by atoms with van der Waals surface area (Å²) in [6.07, 6.45) is 7.38. The van der Waals surface area contributed by atoms with E-state index in [1.165, 1.54) is 34.4 Å². The minimum absolute atomic E-state index is 0.00444. The summed E-state index contributed by atoms with van der Waals surface area (Å²) in [5.41, 5.74) is 22.0. The zero-order chi connectivity index (χ0) is 108. The van der Waals surface area contributed by atoms with Crippen LogP contribution in [0.1, 0.15) is 109 Å². The van der Waals surface area contributed by atoms with Crippen molar-refractivity contribution in [1.29, 1.82) is 0 Å². The molecule has 0 aromatic carbocycles. The van der Waals surface area contributed by atoms with E-state index in [2.05, 4.69) is 26.6 Å². The number of carboxylic acid groups (broad SMARTS) is 5. The first-order valence-corrected chi connectivity index (χ1v) is 62.0. The van der Waals surface area contributed by atoms with Crippen molar-refractivity contribution >= 4 is 148 Å². The molecule has 15 rings (SSSR count). The topological polar surface area (TPSA) is 869 Å². The van der Waals surface area contributed by atoms with Crippen molar-refractivity contribution in [2.75, 3.05) is 198 Å². The highest BCUT2D eigenvalue weighted by Crippen LogP contribution is 2.43. The quantitative estimate of drug-likeness (QED) is 0.0252. The molecule has 56 nitrogen and oxygen atoms in total. The fourth-order valence-electron chi connectivity index (χ4n) is 21.8. The molecule has 69 heteroatoms. The minimum Gasteiger partial charge on any atom is -0.480 e. The van der Waals surface area contributed by atoms with Crippen LogP contribution < -0.4 is 55.3 Å². The van der Waals surface area contributed by atoms with Crippen LogP contribution in [0.5, 0.6) is 0 Å². The fourth-order valence-corrected chi connectivity index (χ4v) is 36.6. The highest BCUT2D eigenvalue weighted by Gasteiger charge is 2.62. The second-order valence-electron chi connectivity index (χ2n) is 41.7. The summed E-state index contributed by atoms with van der Waals surface area (Å²) in [5.74, 6) is -8.12. The number of ether oxygens (including phenoxy) is 2. The van der Waals surface area contributed by atoms with Gasteiger partial charge in [-0.05, 0) is 115 Å². The van der Waals surface area contributed by atoms with Crippen molar-refractivity contribution in [2.24, 2.45) is 64.2 Å². The molecular weight excluding hydrogens is 2100 g/mol. The van der Waals surface area contributed by atoms with Crippen molar-refractivity contribution in [3.8, 4) is 0 Å². The van der Waals surface area contributed by atoms with Crippen LogP contribution in [0, 0.1) is 35.5 Å². The third kappa shape index (κ3) is 30.1. The van der Waals surface area contributed by atoms with Gasteiger partial charge in [0.05, 0.1) is 54.4 Å². The summed E-state index contributed by atoms with van der Waals surface area (Å²) < 4.78 is 206. The summed E-state index contributed by atoms with van der Waals surface area (Å²) in [4.78, 5) is 59.4. The van der Waals surface area contributed by atoms with E-state index in [4.69, 9.17) is 88.4 Å². The molecule has 0 radical (unpaired) electrons. The van der Waals surface area contributed by atoms with Crippen LogP contribution in [0.15, 0.2) is 0 Å². The Bertz CT molecular complexity index is 5080. The normalized spacial score (nSPS) is 32.5. The van der Waals surface area contributed by atoms with Gasteiger partial charge in [0.1, 0.15) is 27.7 Å². The number of hydrogen-bond donors (Lipinski definition) is 25. The lowest BCUT2D eigenvalue weighted by Crippen LogP contribution is -2.65. The molecule has 0 aliphatic carbocycles. The standard InChI is InChI=1S/C16H31BN4O7S2.2C16H31BN4O7S.C15H29BN4O8S2.C15H29BN4O7S2/c18-16(15(22)23)11-20(10-12(16)2-1-5-17(24)25)30(27,28)21(14-8-19-9-14)13-3-6-29(26)7-4-13;18-16(15(22)23)11-20(9-12(16)3-1-5-17(24)25)29(26,27)21(13-7-19-8-13)10-14-4-2-6-28-14;18-16(15(22)23)11-20(9-13(16)2-1-4-17(24)25)29(26,27)21(14-6-19-7-14)8-12-3-5-28-10-12;17-15(14(21)22)10-19(8-11(15)2-1-4-16(23)24)30(27,28)20(13-6-18-7-13)12-3-5-29(25,26)9-12;17-15(14(21)22)10-19(8-11(15)2-1-4-16(23)24)29(26,27)20(13-6-18-7-13)12-3-5-28(25)9-12/h12-14,19,24-25H,1-11,18H2,(H,22,23);2*12-14,19,24-25H,1-11,18H2,(H,22,23);11-13,18,23-24H,1-10,17H2,(H,21,22);11-13,18,23-24H,1-10,17H2,(H,21,22)/t12-,13?,16-,29?;12-,14?,16-;12?,13-,16-;11-,12?,15-;11-,12?,15-,28?/m00000/s1. The van der Waals surface area contributed by atoms with Crippen LogP contribution in [-0.2, 0) is 116 Å². The van der Waals surface area contributed by atoms with Crippen molar-refractivity contribution in [2.45, 2.75) is 223 Å². The van der Waals surface area contributed by atoms with Gasteiger partial charge in [0.15, 0.2) is 9.84 Å². The van der Waals surface area contributed by atoms with Gasteiger partial charge in [0.2, 0.25) is 0 Å². The molecule has 0 spiro atoms. The lowest BCUT2D eigenvalue weighted by molar-refractivity contribution is -0.145. The maximum atomic E-state index is 13.6. The molecule has 15 atom stereocenters. The van der Waals surface area contributed by atoms with Gasteiger partial charge in [0.25, 0.3) is 51.0 Å². The molecule has 0 aromatic heterocycles. The number of nitrogens with zero attached hydrogens (tertiary/aromatic N) is 10. The molecule has 15 fully saturated rings. The molecule has 15 saturated heterocycles. The van der Waals surface area contributed by atoms with Gasteiger partial charge in [-0.25, -0.2) is 8.42 Å². The Labute approximate surface area is 865 Å². The fraction of sp³-hybridized carbons (Fsp3) is 0.936. The number of carbonyl (C=O) groups is 5. The van der Waals surface area contributed by atoms with Crippen LogP contribution in [0.4, 0.5) is 0 Å². The SMILES string of the molecule is N[C@@]1(C(=O)O)CN(S(=O)(=O)N(C2CCS(=O)CC2)C2CNC2)C[C@@H]1CCCB(O)O.N[C@@]1(C(=O)O)CN(S(=O)(=O)N(C2CNC2)C2CCS(=O)(=O)C2)C[C@@H]1CCCB(O)O.N[C@@]1(C(=O)O)CN(S(=O)(=O)N(C2CNC2)C2CCS(=O)C2)C[C@@H]1CCCB(O)O.N[C@@]1(C(=O)O)CN(S(=O)(=O)N(CC2CCCO2)C2CNC2)C[C@@H]1CCCB(O)O.N[C@@]1(C(=O)O)CN(S(=O)(=O)N(CC2CCOC2)C2CNC2)C[C@@H]1CCCB(O)O. The summed E-state index contributed by atoms with van der Waals surface area (Å²) in [5, 5.41) is 154. The van der Waals surface area contributed by atoms with Gasteiger partial charge in [-0.2, -0.15) is 85.1 Å². The summed E-state index contributed by atoms with van der Waals surface area (Å²) >= 11 is 0. The molecular formula is C78H151B5N20O36S8. The van der Waals surface area contributed by atoms with Gasteiger partial charge in [-0.1, -0.05) is 32.1 Å². The van der Waals surface area contributed by atoms with Crippen molar-refractivity contribution in [3.63, 3.8) is 0 Å². The zero-order valence-electron chi connectivity index (χ0n) is 82.4. The van der Waals surface area contributed by atoms with E-state index in [-0.39, 0.29) is 195 Å². The zero-order valence-corrected chi connectivity index (χ0v) is 89.0. The highest BCUT2D eigenvalue weighted by atomic mass is 32.2. The number of carboxylic acids is 5. The van der Waals surface area contributed by atoms with Crippen LogP contribution >= 0.6 is 0 Å². The summed E-state index contributed by atoms with van der Waals surface area (Å²) in [7, 11) is -32.7. The molecule has 5 unspecified atom stereocenters. The van der Waals surface area contributed by atoms with Crippen LogP contribution in [0.2, 0.25) is 31.6 Å². The predicted molar refractivity (Wildman–Crippen MR) is 538 cm³/mol. The van der Waals surface area contributed by atoms with Crippen molar-refractivity contribution in [1.82, 2.24) is 69.6 Å². The molecule has 0 bridgehead atoms. The number of aliphatic carboxylic acids is 5. The van der Waals surface area contributed by atoms with Gasteiger partial charge in [0, 0.05) is 250 Å². The van der Waals surface area contributed by atoms with Gasteiger partial charge >= 0.3 is 65.4 Å². The summed E-state index contributed by atoms with van der Waals surface area (Å²) in [6, 6.07) is -2.53. The molecule has 15 aliphatic heterocycles. The van der Waals surface area contributed by atoms with Crippen LogP contribution in [0.3, 0.4) is 0 Å². The Morgan fingerprint density at radius 3 is 0.898 bits per heavy atom. The Hall–Kier alpha value is -3.61. The Morgan fingerprint density at radius 2 is 0.653 bits per heavy atom. The van der Waals surface area contributed by atoms with E-state index in [1.54, 1.807) is 0 Å². The number of nitrogens with one attached hydrogen (secondary N) is 5. The lowest BCUT2D eigenvalue weighted by atomic mass is 9.78. The number of sulfone groups is 1. The number of nitrogens with two attached hydrogens (primary N) is 5. The van der Waals surface area contributed by atoms with Gasteiger partial charge < -0.3 is 140 Å². The molecule has 842 valence electrons. The first-order valence-electron chi connectivity index (χ1n) is 50.2. The van der Waals surface area contributed by atoms with Crippen molar-refractivity contribution in [3.05, 3.63) is 0 Å². The first kappa shape index (κ1) is 124. The summed E-state index contributed by atoms with van der Waals surface area (Å²) in [6.45, 7) is 5.52. The van der Waals surface area contributed by atoms with E-state index in [0.29, 0.717) is 167 Å². The average Bonchev–Trinajstić information content (AvgIpc) is 1.64. The predicted octanol–water partition coefficient (Wildman–Crippen LogP) is -13.8. The smallest absolute Gasteiger partial charge is 0.451 e. The number of hydrogen-bond acceptors (Lipinski definition) is 41. The molecule has 15 heterocycles. The molecule has 15 aliphatic rings. The van der Waals surface area contributed by atoms with E-state index in [0.717, 1.165) is 27.9 Å². The third-order valence-electron chi connectivity index (χ3n) is 31.3. The average molecular weight is 2260 g/mol. The monoisotopic (exact) mass is 2250 g/mol. The molecule has 30 N–H and O–H groups in total. The maximum absolute atomic E-state index is 13.6. The molecule has 0 amide bonds. The Kier molecular flexibility index (Phi) is 43.9. The van der Waals surface area contributed by atoms with Crippen LogP contribution in [-0.4, -0.2) is 524 Å². The van der Waals surface area contributed by atoms with Crippen LogP contribution in [0.25, 0.3) is 0 Å². The van der Waals surface area contributed by atoms with E-state index in [9.17, 15) is 108 Å². The van der Waals surface area contributed by atoms with Gasteiger partial charge in [-0.15, -0.1) is 0 Å². The second kappa shape index (κ2) is 52.3. The van der Waals surface area contributed by atoms with E-state index < -0.39 is 224 Å². The Balaban J connectivity index is 0.000000175. The second-order valence-corrected chi connectivity index (χ2v) is 56.5. The minimum atomic E-state index is -4.15. The Morgan fingerprint density at radius 1 is 0.367 bits per heavy atom. The largest absolute Gasteiger partial charge is 0.480 e. The van der Waals surface area contributed by atoms with E-state index >= 15 is 0 Å².